The Balaban J connectivity index is 1.72. The van der Waals surface area contributed by atoms with Gasteiger partial charge in [-0.1, -0.05) is 42.5 Å². The normalized spacial score (nSPS) is 11.5. The number of hydrogen-bond acceptors (Lipinski definition) is 5. The fraction of sp³-hybridized carbons (Fsp3) is 0.0417. The van der Waals surface area contributed by atoms with Crippen LogP contribution in [0, 0.1) is 0 Å². The molecular formula is C24H17N3O3. The predicted molar refractivity (Wildman–Crippen MR) is 117 cm³/mol. The minimum Gasteiger partial charge on any atom is -0.497 e. The van der Waals surface area contributed by atoms with Gasteiger partial charge in [-0.3, -0.25) is 4.79 Å². The first-order valence-electron chi connectivity index (χ1n) is 9.42. The zero-order valence-corrected chi connectivity index (χ0v) is 16.1. The predicted octanol–water partition coefficient (Wildman–Crippen LogP) is 4.70. The van der Waals surface area contributed by atoms with Crippen molar-refractivity contribution in [2.75, 3.05) is 7.11 Å². The maximum Gasteiger partial charge on any atom is 0.282 e. The van der Waals surface area contributed by atoms with Crippen molar-refractivity contribution in [2.24, 2.45) is 5.10 Å². The number of fused-ring (bicyclic) bond motifs is 2. The fourth-order valence-corrected chi connectivity index (χ4v) is 3.33. The number of nitrogens with zero attached hydrogens (tertiary/aromatic N) is 3. The molecule has 0 N–H and O–H groups in total. The molecule has 0 amide bonds. The third kappa shape index (κ3) is 3.14. The van der Waals surface area contributed by atoms with E-state index < -0.39 is 0 Å². The summed E-state index contributed by atoms with van der Waals surface area (Å²) in [6.07, 6.45) is 1.60. The van der Waals surface area contributed by atoms with E-state index in [0.717, 1.165) is 16.5 Å². The highest BCUT2D eigenvalue weighted by atomic mass is 16.5. The van der Waals surface area contributed by atoms with Crippen LogP contribution in [0.3, 0.4) is 0 Å². The Morgan fingerprint density at radius 3 is 2.70 bits per heavy atom. The Kier molecular flexibility index (Phi) is 4.37. The quantitative estimate of drug-likeness (QED) is 0.414. The summed E-state index contributed by atoms with van der Waals surface area (Å²) in [4.78, 5) is 17.9. The molecule has 0 saturated carbocycles. The van der Waals surface area contributed by atoms with E-state index in [-0.39, 0.29) is 5.56 Å². The first-order chi connectivity index (χ1) is 14.7. The molecule has 5 aromatic rings. The number of hydrogen-bond donors (Lipinski definition) is 0. The molecule has 0 unspecified atom stereocenters. The van der Waals surface area contributed by atoms with Crippen molar-refractivity contribution in [3.63, 3.8) is 0 Å². The van der Waals surface area contributed by atoms with Gasteiger partial charge in [0.1, 0.15) is 11.3 Å². The largest absolute Gasteiger partial charge is 0.497 e. The van der Waals surface area contributed by atoms with Crippen LogP contribution in [0.15, 0.2) is 93.2 Å². The van der Waals surface area contributed by atoms with Gasteiger partial charge in [0.05, 0.1) is 24.2 Å². The number of para-hydroxylation sites is 2. The summed E-state index contributed by atoms with van der Waals surface area (Å²) in [7, 11) is 1.60. The third-order valence-electron chi connectivity index (χ3n) is 4.82. The van der Waals surface area contributed by atoms with Crippen LogP contribution in [0.4, 0.5) is 0 Å². The van der Waals surface area contributed by atoms with Gasteiger partial charge in [0.25, 0.3) is 5.56 Å². The molecule has 6 nitrogen and oxygen atoms in total. The molecule has 0 aliphatic rings. The van der Waals surface area contributed by atoms with E-state index in [0.29, 0.717) is 28.2 Å². The molecule has 3 aromatic carbocycles. The van der Waals surface area contributed by atoms with Crippen LogP contribution in [-0.4, -0.2) is 23.0 Å². The van der Waals surface area contributed by atoms with Crippen LogP contribution in [0.25, 0.3) is 33.5 Å². The fourth-order valence-electron chi connectivity index (χ4n) is 3.33. The van der Waals surface area contributed by atoms with Gasteiger partial charge in [-0.15, -0.1) is 0 Å². The summed E-state index contributed by atoms with van der Waals surface area (Å²) in [5.74, 6) is 1.52. The molecule has 0 fully saturated rings. The van der Waals surface area contributed by atoms with Gasteiger partial charge < -0.3 is 9.15 Å². The average molecular weight is 395 g/mol. The zero-order valence-electron chi connectivity index (χ0n) is 16.1. The van der Waals surface area contributed by atoms with Gasteiger partial charge in [-0.2, -0.15) is 9.78 Å². The van der Waals surface area contributed by atoms with Gasteiger partial charge in [0.2, 0.25) is 5.82 Å². The van der Waals surface area contributed by atoms with Crippen molar-refractivity contribution in [1.82, 2.24) is 9.66 Å². The Labute approximate surface area is 171 Å². The van der Waals surface area contributed by atoms with Crippen molar-refractivity contribution < 1.29 is 9.15 Å². The molecule has 0 saturated heterocycles. The lowest BCUT2D eigenvalue weighted by Crippen LogP contribution is -2.20. The lowest BCUT2D eigenvalue weighted by Gasteiger charge is -2.07. The molecule has 30 heavy (non-hydrogen) atoms. The molecule has 0 atom stereocenters. The van der Waals surface area contributed by atoms with E-state index in [4.69, 9.17) is 9.15 Å². The molecule has 5 rings (SSSR count). The highest BCUT2D eigenvalue weighted by Gasteiger charge is 2.16. The van der Waals surface area contributed by atoms with E-state index in [1.165, 1.54) is 4.68 Å². The monoisotopic (exact) mass is 395 g/mol. The van der Waals surface area contributed by atoms with E-state index in [9.17, 15) is 4.79 Å². The van der Waals surface area contributed by atoms with Gasteiger partial charge in [-0.05, 0) is 42.0 Å². The van der Waals surface area contributed by atoms with Crippen LogP contribution in [0.1, 0.15) is 5.56 Å². The summed E-state index contributed by atoms with van der Waals surface area (Å²) in [5.41, 5.74) is 1.84. The summed E-state index contributed by atoms with van der Waals surface area (Å²) in [5, 5.41) is 5.86. The van der Waals surface area contributed by atoms with Crippen LogP contribution in [0.2, 0.25) is 0 Å². The van der Waals surface area contributed by atoms with Crippen molar-refractivity contribution in [1.29, 1.82) is 0 Å². The first-order valence-corrected chi connectivity index (χ1v) is 9.42. The molecule has 6 heteroatoms. The van der Waals surface area contributed by atoms with Crippen LogP contribution < -0.4 is 10.3 Å². The molecule has 146 valence electrons. The number of ether oxygens (including phenoxy) is 1. The van der Waals surface area contributed by atoms with Crippen molar-refractivity contribution in [2.45, 2.75) is 0 Å². The lowest BCUT2D eigenvalue weighted by atomic mass is 10.2. The van der Waals surface area contributed by atoms with Gasteiger partial charge in [-0.25, -0.2) is 4.98 Å². The lowest BCUT2D eigenvalue weighted by molar-refractivity contribution is 0.414. The van der Waals surface area contributed by atoms with E-state index >= 15 is 0 Å². The summed E-state index contributed by atoms with van der Waals surface area (Å²) >= 11 is 0. The van der Waals surface area contributed by atoms with Gasteiger partial charge in [0, 0.05) is 5.39 Å². The minimum atomic E-state index is -0.268. The van der Waals surface area contributed by atoms with Gasteiger partial charge >= 0.3 is 0 Å². The second-order valence-corrected chi connectivity index (χ2v) is 6.74. The Bertz CT molecular complexity index is 1430. The molecule has 2 heterocycles. The van der Waals surface area contributed by atoms with Crippen molar-refractivity contribution in [3.05, 3.63) is 94.8 Å². The molecule has 0 radical (unpaired) electrons. The van der Waals surface area contributed by atoms with Crippen LogP contribution in [0.5, 0.6) is 5.75 Å². The molecule has 2 aromatic heterocycles. The Morgan fingerprint density at radius 1 is 1.00 bits per heavy atom. The SMILES string of the molecule is COc1cccc(C=Nn2c(-c3cc4ccccc4o3)nc3ccccc3c2=O)c1. The van der Waals surface area contributed by atoms with Crippen LogP contribution in [-0.2, 0) is 0 Å². The van der Waals surface area contributed by atoms with E-state index in [1.807, 2.05) is 66.7 Å². The summed E-state index contributed by atoms with van der Waals surface area (Å²) in [6.45, 7) is 0. The second kappa shape index (κ2) is 7.33. The van der Waals surface area contributed by atoms with E-state index in [2.05, 4.69) is 10.1 Å². The molecule has 0 aliphatic heterocycles. The zero-order chi connectivity index (χ0) is 20.5. The smallest absolute Gasteiger partial charge is 0.282 e. The average Bonchev–Trinajstić information content (AvgIpc) is 3.23. The highest BCUT2D eigenvalue weighted by molar-refractivity contribution is 5.84. The number of rotatable bonds is 4. The Morgan fingerprint density at radius 2 is 1.83 bits per heavy atom. The van der Waals surface area contributed by atoms with E-state index in [1.54, 1.807) is 25.5 Å². The molecular weight excluding hydrogens is 378 g/mol. The number of benzene rings is 3. The highest BCUT2D eigenvalue weighted by Crippen LogP contribution is 2.27. The second-order valence-electron chi connectivity index (χ2n) is 6.74. The minimum absolute atomic E-state index is 0.268. The molecule has 0 bridgehead atoms. The number of furan rings is 1. The standard InChI is InChI=1S/C24H17N3O3/c1-29-18-9-6-7-16(13-18)15-25-27-23(22-14-17-8-2-5-12-21(17)30-22)26-20-11-4-3-10-19(20)24(27)28/h2-15H,1H3. The summed E-state index contributed by atoms with van der Waals surface area (Å²) in [6, 6.07) is 24.2. The van der Waals surface area contributed by atoms with Crippen LogP contribution >= 0.6 is 0 Å². The first kappa shape index (κ1) is 17.9. The van der Waals surface area contributed by atoms with Gasteiger partial charge in [0.15, 0.2) is 5.76 Å². The number of methoxy groups -OCH3 is 1. The van der Waals surface area contributed by atoms with Crippen molar-refractivity contribution >= 4 is 28.1 Å². The maximum absolute atomic E-state index is 13.2. The molecule has 0 aliphatic carbocycles. The Hall–Kier alpha value is -4.19. The number of aromatic nitrogens is 2. The summed E-state index contributed by atoms with van der Waals surface area (Å²) < 4.78 is 12.5. The maximum atomic E-state index is 13.2. The third-order valence-corrected chi connectivity index (χ3v) is 4.82. The topological polar surface area (TPSA) is 69.6 Å². The molecule has 0 spiro atoms. The van der Waals surface area contributed by atoms with Crippen molar-refractivity contribution in [3.8, 4) is 17.3 Å².